The van der Waals surface area contributed by atoms with Gasteiger partial charge in [-0.2, -0.15) is 5.26 Å². The minimum atomic E-state index is -3.68. The number of fused-ring (bicyclic) bond motifs is 1. The molecule has 2 aromatic rings. The Morgan fingerprint density at radius 2 is 1.82 bits per heavy atom. The summed E-state index contributed by atoms with van der Waals surface area (Å²) in [6, 6.07) is 7.96. The Morgan fingerprint density at radius 1 is 1.15 bits per heavy atom. The van der Waals surface area contributed by atoms with Gasteiger partial charge in [0, 0.05) is 13.2 Å². The molecule has 1 heterocycles. The third-order valence-electron chi connectivity index (χ3n) is 5.15. The molecular formula is C23H23N3O7S. The number of sulfone groups is 1. The van der Waals surface area contributed by atoms with Gasteiger partial charge in [0.15, 0.2) is 11.5 Å². The summed E-state index contributed by atoms with van der Waals surface area (Å²) in [6.07, 6.45) is 0.995. The number of hydrogen-bond acceptors (Lipinski definition) is 8. The number of imide groups is 1. The van der Waals surface area contributed by atoms with Crippen LogP contribution in [0.25, 0.3) is 0 Å². The standard InChI is InChI=1S/C23H23N3O7S/c1-5-33-19-10-14(7-9-18(19)32-3)17(12-34(4,30)31)26-22(28)20-15(11-24)6-8-16(25-13(2)27)21(20)23(26)29/h6-10,17H,5,12H2,1-4H3,(H,25,27)/t17-/m1/s1. The summed E-state index contributed by atoms with van der Waals surface area (Å²) < 4.78 is 35.5. The number of ether oxygens (including phenoxy) is 2. The van der Waals surface area contributed by atoms with E-state index in [1.54, 1.807) is 19.1 Å². The first kappa shape index (κ1) is 24.7. The van der Waals surface area contributed by atoms with Gasteiger partial charge in [-0.15, -0.1) is 0 Å². The fourth-order valence-electron chi connectivity index (χ4n) is 3.83. The van der Waals surface area contributed by atoms with E-state index < -0.39 is 39.4 Å². The van der Waals surface area contributed by atoms with E-state index >= 15 is 0 Å². The lowest BCUT2D eigenvalue weighted by Gasteiger charge is -2.27. The van der Waals surface area contributed by atoms with Gasteiger partial charge in [-0.25, -0.2) is 8.42 Å². The molecule has 0 fully saturated rings. The zero-order valence-corrected chi connectivity index (χ0v) is 19.9. The first-order chi connectivity index (χ1) is 16.0. The van der Waals surface area contributed by atoms with Crippen LogP contribution in [-0.2, 0) is 14.6 Å². The van der Waals surface area contributed by atoms with Gasteiger partial charge in [-0.1, -0.05) is 6.07 Å². The van der Waals surface area contributed by atoms with Gasteiger partial charge in [0.2, 0.25) is 5.91 Å². The minimum absolute atomic E-state index is 0.0604. The first-order valence-corrected chi connectivity index (χ1v) is 12.3. The number of benzene rings is 2. The largest absolute Gasteiger partial charge is 0.493 e. The lowest BCUT2D eigenvalue weighted by atomic mass is 10.0. The quantitative estimate of drug-likeness (QED) is 0.561. The topological polar surface area (TPSA) is 143 Å². The van der Waals surface area contributed by atoms with Gasteiger partial charge in [0.05, 0.1) is 54.0 Å². The summed E-state index contributed by atoms with van der Waals surface area (Å²) in [6.45, 7) is 3.30. The van der Waals surface area contributed by atoms with Gasteiger partial charge in [-0.3, -0.25) is 19.3 Å². The van der Waals surface area contributed by atoms with Crippen molar-refractivity contribution in [3.63, 3.8) is 0 Å². The highest BCUT2D eigenvalue weighted by molar-refractivity contribution is 7.90. The van der Waals surface area contributed by atoms with Crippen LogP contribution in [0.5, 0.6) is 11.5 Å². The van der Waals surface area contributed by atoms with Crippen LogP contribution in [0.4, 0.5) is 5.69 Å². The molecule has 3 amide bonds. The van der Waals surface area contributed by atoms with Crippen LogP contribution in [0, 0.1) is 11.3 Å². The second-order valence-corrected chi connectivity index (χ2v) is 9.82. The van der Waals surface area contributed by atoms with E-state index in [2.05, 4.69) is 5.32 Å². The average Bonchev–Trinajstić information content (AvgIpc) is 3.02. The summed E-state index contributed by atoms with van der Waals surface area (Å²) in [4.78, 5) is 39.4. The molecule has 0 aromatic heterocycles. The molecule has 11 heteroatoms. The maximum Gasteiger partial charge on any atom is 0.264 e. The van der Waals surface area contributed by atoms with Crippen molar-refractivity contribution in [2.75, 3.05) is 31.0 Å². The van der Waals surface area contributed by atoms with Crippen LogP contribution in [0.15, 0.2) is 30.3 Å². The van der Waals surface area contributed by atoms with Crippen molar-refractivity contribution in [3.8, 4) is 17.6 Å². The molecule has 0 spiro atoms. The van der Waals surface area contributed by atoms with Gasteiger partial charge in [0.25, 0.3) is 11.8 Å². The molecule has 0 unspecified atom stereocenters. The predicted molar refractivity (Wildman–Crippen MR) is 123 cm³/mol. The normalized spacial score (nSPS) is 13.8. The maximum atomic E-state index is 13.5. The Hall–Kier alpha value is -3.91. The SMILES string of the molecule is CCOc1cc([C@@H](CS(C)(=O)=O)N2C(=O)c3c(C#N)ccc(NC(C)=O)c3C2=O)ccc1OC. The van der Waals surface area contributed by atoms with Crippen molar-refractivity contribution in [3.05, 3.63) is 52.6 Å². The lowest BCUT2D eigenvalue weighted by molar-refractivity contribution is -0.114. The summed E-state index contributed by atoms with van der Waals surface area (Å²) in [7, 11) is -2.23. The number of nitriles is 1. The molecule has 0 saturated heterocycles. The number of nitrogens with zero attached hydrogens (tertiary/aromatic N) is 2. The molecular weight excluding hydrogens is 462 g/mol. The lowest BCUT2D eigenvalue weighted by Crippen LogP contribution is -2.38. The number of hydrogen-bond donors (Lipinski definition) is 1. The zero-order valence-electron chi connectivity index (χ0n) is 19.0. The van der Waals surface area contributed by atoms with Crippen LogP contribution >= 0.6 is 0 Å². The van der Waals surface area contributed by atoms with Crippen LogP contribution < -0.4 is 14.8 Å². The Bertz CT molecular complexity index is 1330. The molecule has 10 nitrogen and oxygen atoms in total. The summed E-state index contributed by atoms with van der Waals surface area (Å²) in [5.41, 5.74) is -0.0196. The Labute approximate surface area is 197 Å². The average molecular weight is 486 g/mol. The van der Waals surface area contributed by atoms with E-state index in [-0.39, 0.29) is 22.4 Å². The molecule has 178 valence electrons. The molecule has 0 bridgehead atoms. The smallest absolute Gasteiger partial charge is 0.264 e. The zero-order chi connectivity index (χ0) is 25.2. The molecule has 0 radical (unpaired) electrons. The molecule has 1 aliphatic heterocycles. The van der Waals surface area contributed by atoms with Crippen LogP contribution in [0.3, 0.4) is 0 Å². The summed E-state index contributed by atoms with van der Waals surface area (Å²) in [5, 5.41) is 12.0. The van der Waals surface area contributed by atoms with Crippen molar-refractivity contribution >= 4 is 33.2 Å². The van der Waals surface area contributed by atoms with Crippen molar-refractivity contribution in [1.29, 1.82) is 5.26 Å². The maximum absolute atomic E-state index is 13.5. The monoisotopic (exact) mass is 485 g/mol. The Morgan fingerprint density at radius 3 is 2.38 bits per heavy atom. The van der Waals surface area contributed by atoms with Crippen molar-refractivity contribution < 1.29 is 32.3 Å². The molecule has 1 atom stereocenters. The predicted octanol–water partition coefficient (Wildman–Crippen LogP) is 2.31. The van der Waals surface area contributed by atoms with E-state index in [1.165, 1.54) is 32.2 Å². The number of methoxy groups -OCH3 is 1. The van der Waals surface area contributed by atoms with Crippen LogP contribution in [0.1, 0.15) is 51.7 Å². The molecule has 0 saturated carbocycles. The third-order valence-corrected chi connectivity index (χ3v) is 6.07. The Kier molecular flexibility index (Phi) is 6.93. The fourth-order valence-corrected chi connectivity index (χ4v) is 4.74. The number of carbonyl (C=O) groups is 3. The van der Waals surface area contributed by atoms with E-state index in [1.807, 2.05) is 6.07 Å². The van der Waals surface area contributed by atoms with E-state index in [4.69, 9.17) is 9.47 Å². The number of nitrogens with one attached hydrogen (secondary N) is 1. The van der Waals surface area contributed by atoms with Crippen molar-refractivity contribution in [1.82, 2.24) is 4.90 Å². The van der Waals surface area contributed by atoms with E-state index in [0.717, 1.165) is 11.2 Å². The number of anilines is 1. The van der Waals surface area contributed by atoms with Gasteiger partial charge >= 0.3 is 0 Å². The van der Waals surface area contributed by atoms with Crippen LogP contribution in [-0.4, -0.2) is 56.8 Å². The third kappa shape index (κ3) is 4.72. The van der Waals surface area contributed by atoms with Crippen LogP contribution in [0.2, 0.25) is 0 Å². The van der Waals surface area contributed by atoms with E-state index in [9.17, 15) is 28.1 Å². The second kappa shape index (κ2) is 9.52. The molecule has 34 heavy (non-hydrogen) atoms. The minimum Gasteiger partial charge on any atom is -0.493 e. The van der Waals surface area contributed by atoms with E-state index in [0.29, 0.717) is 23.7 Å². The van der Waals surface area contributed by atoms with Gasteiger partial charge in [0.1, 0.15) is 9.84 Å². The highest BCUT2D eigenvalue weighted by atomic mass is 32.2. The summed E-state index contributed by atoms with van der Waals surface area (Å²) >= 11 is 0. The molecule has 1 N–H and O–H groups in total. The molecule has 1 aliphatic rings. The van der Waals surface area contributed by atoms with Gasteiger partial charge < -0.3 is 14.8 Å². The Balaban J connectivity index is 2.21. The number of amides is 3. The molecule has 3 rings (SSSR count). The summed E-state index contributed by atoms with van der Waals surface area (Å²) in [5.74, 6) is -1.97. The van der Waals surface area contributed by atoms with Gasteiger partial charge in [-0.05, 0) is 36.8 Å². The molecule has 2 aromatic carbocycles. The molecule has 0 aliphatic carbocycles. The number of carbonyl (C=O) groups excluding carboxylic acids is 3. The first-order valence-electron chi connectivity index (χ1n) is 10.2. The van der Waals surface area contributed by atoms with Crippen molar-refractivity contribution in [2.45, 2.75) is 19.9 Å². The number of rotatable bonds is 8. The van der Waals surface area contributed by atoms with Crippen molar-refractivity contribution in [2.24, 2.45) is 0 Å². The highest BCUT2D eigenvalue weighted by Crippen LogP contribution is 2.39. The fraction of sp³-hybridized carbons (Fsp3) is 0.304. The highest BCUT2D eigenvalue weighted by Gasteiger charge is 2.45. The second-order valence-electron chi connectivity index (χ2n) is 7.64.